The Morgan fingerprint density at radius 1 is 0.943 bits per heavy atom. The van der Waals surface area contributed by atoms with E-state index in [0.29, 0.717) is 51.4 Å². The topological polar surface area (TPSA) is 117 Å². The van der Waals surface area contributed by atoms with Gasteiger partial charge in [0, 0.05) is 90.8 Å². The normalized spacial score (nSPS) is 13.9. The highest BCUT2D eigenvalue weighted by Crippen LogP contribution is 2.37. The van der Waals surface area contributed by atoms with Crippen molar-refractivity contribution in [2.24, 2.45) is 0 Å². The first-order valence-corrected chi connectivity index (χ1v) is 18.8. The molecule has 1 fully saturated rings. The molecule has 1 atom stereocenters. The highest BCUT2D eigenvalue weighted by atomic mass is 32.2. The van der Waals surface area contributed by atoms with E-state index in [0.717, 1.165) is 56.1 Å². The Labute approximate surface area is 308 Å². The third-order valence-electron chi connectivity index (χ3n) is 9.20. The van der Waals surface area contributed by atoms with Crippen LogP contribution >= 0.6 is 0 Å². The average Bonchev–Trinajstić information content (AvgIpc) is 3.56. The van der Waals surface area contributed by atoms with E-state index >= 15 is 0 Å². The molecular formula is C39H38F2N8O3S. The molecule has 3 aromatic heterocycles. The van der Waals surface area contributed by atoms with E-state index in [4.69, 9.17) is 14.7 Å². The minimum Gasteiger partial charge on any atom is -0.494 e. The maximum absolute atomic E-state index is 14.3. The summed E-state index contributed by atoms with van der Waals surface area (Å²) in [6, 6.07) is 21.6. The summed E-state index contributed by atoms with van der Waals surface area (Å²) in [5.41, 5.74) is 5.58. The molecule has 272 valence electrons. The van der Waals surface area contributed by atoms with Gasteiger partial charge in [-0.15, -0.1) is 0 Å². The van der Waals surface area contributed by atoms with Crippen molar-refractivity contribution in [1.82, 2.24) is 24.3 Å². The van der Waals surface area contributed by atoms with Gasteiger partial charge in [-0.2, -0.15) is 0 Å². The maximum Gasteiger partial charge on any atom is 0.255 e. The summed E-state index contributed by atoms with van der Waals surface area (Å²) < 4.78 is 47.9. The van der Waals surface area contributed by atoms with Gasteiger partial charge in [-0.3, -0.25) is 18.3 Å². The van der Waals surface area contributed by atoms with Gasteiger partial charge in [0.05, 0.1) is 29.9 Å². The van der Waals surface area contributed by atoms with Gasteiger partial charge in [0.25, 0.3) is 5.91 Å². The second-order valence-electron chi connectivity index (χ2n) is 12.7. The van der Waals surface area contributed by atoms with Crippen molar-refractivity contribution in [3.8, 4) is 28.4 Å². The van der Waals surface area contributed by atoms with Crippen LogP contribution in [0, 0.1) is 18.6 Å². The Balaban J connectivity index is 1.17. The molecule has 14 heteroatoms. The molecule has 1 aliphatic rings. The zero-order valence-electron chi connectivity index (χ0n) is 29.5. The van der Waals surface area contributed by atoms with Gasteiger partial charge in [-0.25, -0.2) is 23.7 Å². The second-order valence-corrected chi connectivity index (χ2v) is 14.3. The summed E-state index contributed by atoms with van der Waals surface area (Å²) in [6.07, 6.45) is 5.28. The van der Waals surface area contributed by atoms with Crippen LogP contribution in [-0.4, -0.2) is 86.2 Å². The van der Waals surface area contributed by atoms with E-state index in [1.807, 2.05) is 47.0 Å². The zero-order valence-corrected chi connectivity index (χ0v) is 30.3. The largest absolute Gasteiger partial charge is 0.494 e. The first-order chi connectivity index (χ1) is 25.7. The molecule has 0 saturated carbocycles. The molecule has 0 radical (unpaired) electrons. The van der Waals surface area contributed by atoms with E-state index in [-0.39, 0.29) is 5.56 Å². The van der Waals surface area contributed by atoms with Crippen molar-refractivity contribution in [2.75, 3.05) is 67.4 Å². The Kier molecular flexibility index (Phi) is 10.4. The lowest BCUT2D eigenvalue weighted by Crippen LogP contribution is -2.47. The molecule has 0 spiro atoms. The number of carbonyl (C=O) groups excluding carboxylic acids is 1. The van der Waals surface area contributed by atoms with Crippen LogP contribution in [0.4, 0.5) is 31.8 Å². The van der Waals surface area contributed by atoms with Crippen molar-refractivity contribution < 1.29 is 22.5 Å². The third kappa shape index (κ3) is 7.74. The van der Waals surface area contributed by atoms with Crippen LogP contribution in [0.15, 0.2) is 91.3 Å². The van der Waals surface area contributed by atoms with Crippen LogP contribution in [0.3, 0.4) is 0 Å². The van der Waals surface area contributed by atoms with E-state index in [9.17, 15) is 17.8 Å². The number of rotatable bonds is 11. The standard InChI is InChI=1S/C39H38F2N8O3S/c1-25-22-31(33(52-2)24-32(25)48-18-16-47(17-19-48)20-21-53(3)51)44-39-42-14-13-30(43-39)37-35(45-34-12-4-5-15-49(34)37)26-8-6-9-27(23-26)38(50)46-36-28(40)10-7-11-29(36)41/h4-15,22-24H,16-21H2,1-3H3,(H,46,50)(H,42,43,44). The van der Waals surface area contributed by atoms with Crippen LogP contribution in [0.2, 0.25) is 0 Å². The molecule has 7 rings (SSSR count). The van der Waals surface area contributed by atoms with Gasteiger partial charge in [0.2, 0.25) is 5.95 Å². The quantitative estimate of drug-likeness (QED) is 0.153. The van der Waals surface area contributed by atoms with Crippen molar-refractivity contribution in [3.05, 3.63) is 114 Å². The van der Waals surface area contributed by atoms with Crippen molar-refractivity contribution in [1.29, 1.82) is 0 Å². The number of hydrogen-bond acceptors (Lipinski definition) is 9. The lowest BCUT2D eigenvalue weighted by atomic mass is 10.0. The molecule has 4 heterocycles. The molecule has 0 bridgehead atoms. The summed E-state index contributed by atoms with van der Waals surface area (Å²) in [7, 11) is 0.828. The minimum atomic E-state index is -0.869. The molecule has 3 aromatic carbocycles. The van der Waals surface area contributed by atoms with Crippen molar-refractivity contribution in [3.63, 3.8) is 0 Å². The molecule has 2 N–H and O–H groups in total. The zero-order chi connectivity index (χ0) is 37.1. The minimum absolute atomic E-state index is 0.195. The number of anilines is 4. The van der Waals surface area contributed by atoms with E-state index in [1.54, 1.807) is 43.8 Å². The second kappa shape index (κ2) is 15.5. The maximum atomic E-state index is 14.3. The highest BCUT2D eigenvalue weighted by Gasteiger charge is 2.22. The fourth-order valence-corrected chi connectivity index (χ4v) is 6.99. The number of halogens is 2. The van der Waals surface area contributed by atoms with Crippen LogP contribution < -0.4 is 20.3 Å². The lowest BCUT2D eigenvalue weighted by Gasteiger charge is -2.37. The van der Waals surface area contributed by atoms with Gasteiger partial charge >= 0.3 is 0 Å². The van der Waals surface area contributed by atoms with Gasteiger partial charge in [0.1, 0.15) is 28.7 Å². The van der Waals surface area contributed by atoms with Gasteiger partial charge in [-0.05, 0) is 61.0 Å². The smallest absolute Gasteiger partial charge is 0.255 e. The summed E-state index contributed by atoms with van der Waals surface area (Å²) in [6.45, 7) is 6.41. The molecular weight excluding hydrogens is 699 g/mol. The SMILES string of the molecule is COc1cc(N2CCN(CCS(C)=O)CC2)c(C)cc1Nc1nccc(-c2c(-c3cccc(C(=O)Nc4c(F)cccc4F)c3)nc3ccccn23)n1. The predicted octanol–water partition coefficient (Wildman–Crippen LogP) is 6.55. The van der Waals surface area contributed by atoms with Crippen LogP contribution in [0.1, 0.15) is 15.9 Å². The molecule has 1 saturated heterocycles. The number of aryl methyl sites for hydroxylation is 1. The number of nitrogens with one attached hydrogen (secondary N) is 2. The summed E-state index contributed by atoms with van der Waals surface area (Å²) in [5.74, 6) is -0.741. The number of hydrogen-bond donors (Lipinski definition) is 2. The molecule has 6 aromatic rings. The Morgan fingerprint density at radius 3 is 2.47 bits per heavy atom. The number of methoxy groups -OCH3 is 1. The average molecular weight is 737 g/mol. The van der Waals surface area contributed by atoms with Crippen molar-refractivity contribution in [2.45, 2.75) is 6.92 Å². The number of amides is 1. The van der Waals surface area contributed by atoms with Gasteiger partial charge in [-0.1, -0.05) is 24.3 Å². The number of fused-ring (bicyclic) bond motifs is 1. The van der Waals surface area contributed by atoms with Crippen LogP contribution in [-0.2, 0) is 10.8 Å². The number of aromatic nitrogens is 4. The Bertz CT molecular complexity index is 2310. The third-order valence-corrected chi connectivity index (χ3v) is 9.96. The molecule has 1 aliphatic heterocycles. The van der Waals surface area contributed by atoms with Gasteiger partial charge in [0.15, 0.2) is 0 Å². The number of imidazole rings is 1. The molecule has 11 nitrogen and oxygen atoms in total. The van der Waals surface area contributed by atoms with Crippen LogP contribution in [0.25, 0.3) is 28.3 Å². The van der Waals surface area contributed by atoms with E-state index in [2.05, 4.69) is 32.3 Å². The summed E-state index contributed by atoms with van der Waals surface area (Å²) in [5, 5.41) is 5.70. The molecule has 1 unspecified atom stereocenters. The summed E-state index contributed by atoms with van der Waals surface area (Å²) in [4.78, 5) is 32.2. The Morgan fingerprint density at radius 2 is 1.72 bits per heavy atom. The first kappa shape index (κ1) is 35.7. The highest BCUT2D eigenvalue weighted by molar-refractivity contribution is 7.84. The fourth-order valence-electron chi connectivity index (χ4n) is 6.48. The number of piperazine rings is 1. The fraction of sp³-hybridized carbons (Fsp3) is 0.231. The number of ether oxygens (including phenoxy) is 1. The van der Waals surface area contributed by atoms with E-state index < -0.39 is 34.0 Å². The number of carbonyl (C=O) groups is 1. The lowest BCUT2D eigenvalue weighted by molar-refractivity contribution is 0.102. The van der Waals surface area contributed by atoms with Crippen LogP contribution in [0.5, 0.6) is 5.75 Å². The number of pyridine rings is 1. The number of para-hydroxylation sites is 1. The van der Waals surface area contributed by atoms with E-state index in [1.165, 1.54) is 6.07 Å². The number of benzene rings is 3. The van der Waals surface area contributed by atoms with Gasteiger partial charge < -0.3 is 20.3 Å². The number of nitrogens with zero attached hydrogens (tertiary/aromatic N) is 6. The van der Waals surface area contributed by atoms with Crippen molar-refractivity contribution >= 4 is 45.4 Å². The summed E-state index contributed by atoms with van der Waals surface area (Å²) >= 11 is 0. The molecule has 53 heavy (non-hydrogen) atoms. The first-order valence-electron chi connectivity index (χ1n) is 17.1. The monoisotopic (exact) mass is 736 g/mol. The molecule has 1 amide bonds. The Hall–Kier alpha value is -5.73. The predicted molar refractivity (Wildman–Crippen MR) is 205 cm³/mol. The molecule has 0 aliphatic carbocycles.